The van der Waals surface area contributed by atoms with Crippen LogP contribution in [0.25, 0.3) is 0 Å². The van der Waals surface area contributed by atoms with E-state index in [2.05, 4.69) is 11.9 Å². The Kier molecular flexibility index (Phi) is 6.25. The molecule has 20 heavy (non-hydrogen) atoms. The second-order valence-electron chi connectivity index (χ2n) is 5.33. The standard InChI is InChI=1S/C16H24N2O2/c1-12(10-13(2)17-16(20)18(3)4)11-15(19)14-8-6-5-7-9-14/h5-9,13,15,19H,1,10-11H2,2-4H3,(H,17,20)/t13-,15+/m0/s1. The van der Waals surface area contributed by atoms with E-state index in [1.807, 2.05) is 37.3 Å². The number of nitrogens with one attached hydrogen (secondary N) is 1. The molecule has 0 aromatic heterocycles. The van der Waals surface area contributed by atoms with Crippen LogP contribution in [0, 0.1) is 0 Å². The van der Waals surface area contributed by atoms with Gasteiger partial charge in [0.1, 0.15) is 0 Å². The van der Waals surface area contributed by atoms with Crippen LogP contribution in [0.4, 0.5) is 4.79 Å². The van der Waals surface area contributed by atoms with E-state index < -0.39 is 6.10 Å². The van der Waals surface area contributed by atoms with Crippen molar-refractivity contribution in [2.75, 3.05) is 14.1 Å². The summed E-state index contributed by atoms with van der Waals surface area (Å²) in [4.78, 5) is 13.0. The van der Waals surface area contributed by atoms with Crippen molar-refractivity contribution in [3.05, 3.63) is 48.0 Å². The zero-order valence-electron chi connectivity index (χ0n) is 12.5. The molecule has 2 N–H and O–H groups in total. The average molecular weight is 276 g/mol. The SMILES string of the molecule is C=C(C[C@@H](O)c1ccccc1)C[C@H](C)NC(=O)N(C)C. The summed E-state index contributed by atoms with van der Waals surface area (Å²) < 4.78 is 0. The molecular weight excluding hydrogens is 252 g/mol. The Morgan fingerprint density at radius 1 is 1.30 bits per heavy atom. The zero-order valence-corrected chi connectivity index (χ0v) is 12.5. The summed E-state index contributed by atoms with van der Waals surface area (Å²) >= 11 is 0. The minimum atomic E-state index is -0.541. The summed E-state index contributed by atoms with van der Waals surface area (Å²) in [5, 5.41) is 13.0. The number of urea groups is 1. The maximum atomic E-state index is 11.5. The molecule has 1 aromatic rings. The van der Waals surface area contributed by atoms with Crippen LogP contribution < -0.4 is 5.32 Å². The van der Waals surface area contributed by atoms with Gasteiger partial charge in [0.2, 0.25) is 0 Å². The molecule has 1 aromatic carbocycles. The third kappa shape index (κ3) is 5.45. The van der Waals surface area contributed by atoms with E-state index in [1.165, 1.54) is 4.90 Å². The first-order valence-electron chi connectivity index (χ1n) is 6.77. The van der Waals surface area contributed by atoms with E-state index in [0.29, 0.717) is 12.8 Å². The van der Waals surface area contributed by atoms with Crippen molar-refractivity contribution >= 4 is 6.03 Å². The lowest BCUT2D eigenvalue weighted by Crippen LogP contribution is -2.40. The van der Waals surface area contributed by atoms with Crippen LogP contribution in [0.2, 0.25) is 0 Å². The minimum absolute atomic E-state index is 0.000346. The van der Waals surface area contributed by atoms with Crippen LogP contribution in [0.15, 0.2) is 42.5 Å². The van der Waals surface area contributed by atoms with Gasteiger partial charge in [0.05, 0.1) is 6.10 Å². The highest BCUT2D eigenvalue weighted by Gasteiger charge is 2.13. The maximum Gasteiger partial charge on any atom is 0.317 e. The number of benzene rings is 1. The van der Waals surface area contributed by atoms with Gasteiger partial charge in [-0.05, 0) is 25.3 Å². The van der Waals surface area contributed by atoms with Gasteiger partial charge in [-0.25, -0.2) is 4.79 Å². The molecule has 0 fully saturated rings. The van der Waals surface area contributed by atoms with Gasteiger partial charge in [0, 0.05) is 20.1 Å². The van der Waals surface area contributed by atoms with Crippen molar-refractivity contribution in [3.63, 3.8) is 0 Å². The first kappa shape index (κ1) is 16.2. The van der Waals surface area contributed by atoms with Crippen LogP contribution in [-0.4, -0.2) is 36.2 Å². The fourth-order valence-corrected chi connectivity index (χ4v) is 1.97. The second kappa shape index (κ2) is 7.70. The number of rotatable bonds is 6. The Bertz CT molecular complexity index is 443. The second-order valence-corrected chi connectivity index (χ2v) is 5.33. The van der Waals surface area contributed by atoms with Gasteiger partial charge in [-0.1, -0.05) is 42.5 Å². The van der Waals surface area contributed by atoms with Gasteiger partial charge < -0.3 is 15.3 Å². The minimum Gasteiger partial charge on any atom is -0.388 e. The molecular formula is C16H24N2O2. The summed E-state index contributed by atoms with van der Waals surface area (Å²) in [6.07, 6.45) is 0.621. The molecule has 0 saturated heterocycles. The molecule has 2 atom stereocenters. The lowest BCUT2D eigenvalue weighted by Gasteiger charge is -2.20. The first-order chi connectivity index (χ1) is 9.40. The van der Waals surface area contributed by atoms with E-state index in [-0.39, 0.29) is 12.1 Å². The molecule has 0 heterocycles. The monoisotopic (exact) mass is 276 g/mol. The Morgan fingerprint density at radius 2 is 1.90 bits per heavy atom. The predicted molar refractivity (Wildman–Crippen MR) is 81.5 cm³/mol. The Hall–Kier alpha value is -1.81. The normalized spacial score (nSPS) is 13.4. The lowest BCUT2D eigenvalue weighted by molar-refractivity contribution is 0.176. The third-order valence-corrected chi connectivity index (χ3v) is 3.04. The van der Waals surface area contributed by atoms with Gasteiger partial charge in [-0.2, -0.15) is 0 Å². The quantitative estimate of drug-likeness (QED) is 0.785. The molecule has 0 bridgehead atoms. The topological polar surface area (TPSA) is 52.6 Å². The number of carbonyl (C=O) groups is 1. The van der Waals surface area contributed by atoms with Crippen molar-refractivity contribution in [1.29, 1.82) is 0 Å². The third-order valence-electron chi connectivity index (χ3n) is 3.04. The number of amides is 2. The van der Waals surface area contributed by atoms with Crippen molar-refractivity contribution in [2.45, 2.75) is 31.9 Å². The van der Waals surface area contributed by atoms with Gasteiger partial charge in [-0.15, -0.1) is 0 Å². The fraction of sp³-hybridized carbons (Fsp3) is 0.438. The van der Waals surface area contributed by atoms with Gasteiger partial charge in [-0.3, -0.25) is 0 Å². The van der Waals surface area contributed by atoms with Crippen molar-refractivity contribution < 1.29 is 9.90 Å². The smallest absolute Gasteiger partial charge is 0.317 e. The molecule has 0 unspecified atom stereocenters. The van der Waals surface area contributed by atoms with Crippen molar-refractivity contribution in [3.8, 4) is 0 Å². The highest BCUT2D eigenvalue weighted by Crippen LogP contribution is 2.22. The highest BCUT2D eigenvalue weighted by molar-refractivity contribution is 5.73. The van der Waals surface area contributed by atoms with E-state index in [4.69, 9.17) is 0 Å². The zero-order chi connectivity index (χ0) is 15.1. The molecule has 0 spiro atoms. The molecule has 0 aliphatic rings. The Balaban J connectivity index is 2.42. The predicted octanol–water partition coefficient (Wildman–Crippen LogP) is 2.72. The average Bonchev–Trinajstić information content (AvgIpc) is 2.39. The van der Waals surface area contributed by atoms with E-state index >= 15 is 0 Å². The Morgan fingerprint density at radius 3 is 2.45 bits per heavy atom. The van der Waals surface area contributed by atoms with Gasteiger partial charge in [0.15, 0.2) is 0 Å². The molecule has 0 aliphatic heterocycles. The summed E-state index contributed by atoms with van der Waals surface area (Å²) in [7, 11) is 3.41. The van der Waals surface area contributed by atoms with Crippen LogP contribution in [-0.2, 0) is 0 Å². The summed E-state index contributed by atoms with van der Waals surface area (Å²) in [6, 6.07) is 9.41. The molecule has 2 amide bonds. The molecule has 0 aliphatic carbocycles. The molecule has 110 valence electrons. The number of nitrogens with zero attached hydrogens (tertiary/aromatic N) is 1. The summed E-state index contributed by atoms with van der Waals surface area (Å²) in [6.45, 7) is 5.92. The van der Waals surface area contributed by atoms with Crippen molar-refractivity contribution in [2.24, 2.45) is 0 Å². The number of aliphatic hydroxyl groups excluding tert-OH is 1. The summed E-state index contributed by atoms with van der Waals surface area (Å²) in [5.74, 6) is 0. The van der Waals surface area contributed by atoms with Crippen LogP contribution in [0.3, 0.4) is 0 Å². The number of hydrogen-bond acceptors (Lipinski definition) is 2. The highest BCUT2D eigenvalue weighted by atomic mass is 16.3. The van der Waals surface area contributed by atoms with Gasteiger partial charge >= 0.3 is 6.03 Å². The molecule has 4 nitrogen and oxygen atoms in total. The Labute approximate surface area is 121 Å². The first-order valence-corrected chi connectivity index (χ1v) is 6.77. The van der Waals surface area contributed by atoms with Crippen LogP contribution in [0.1, 0.15) is 31.4 Å². The maximum absolute atomic E-state index is 11.5. The molecule has 4 heteroatoms. The molecule has 1 rings (SSSR count). The number of hydrogen-bond donors (Lipinski definition) is 2. The molecule has 0 radical (unpaired) electrons. The number of aliphatic hydroxyl groups is 1. The molecule has 0 saturated carbocycles. The number of carbonyl (C=O) groups excluding carboxylic acids is 1. The van der Waals surface area contributed by atoms with Crippen LogP contribution >= 0.6 is 0 Å². The fourth-order valence-electron chi connectivity index (χ4n) is 1.97. The van der Waals surface area contributed by atoms with E-state index in [9.17, 15) is 9.90 Å². The van der Waals surface area contributed by atoms with E-state index in [1.54, 1.807) is 14.1 Å². The van der Waals surface area contributed by atoms with Crippen LogP contribution in [0.5, 0.6) is 0 Å². The van der Waals surface area contributed by atoms with Crippen molar-refractivity contribution in [1.82, 2.24) is 10.2 Å². The summed E-state index contributed by atoms with van der Waals surface area (Å²) in [5.41, 5.74) is 1.81. The largest absolute Gasteiger partial charge is 0.388 e. The van der Waals surface area contributed by atoms with E-state index in [0.717, 1.165) is 11.1 Å². The lowest BCUT2D eigenvalue weighted by atomic mass is 9.98. The van der Waals surface area contributed by atoms with Gasteiger partial charge in [0.25, 0.3) is 0 Å².